The van der Waals surface area contributed by atoms with Crippen molar-refractivity contribution in [3.63, 3.8) is 0 Å². The highest BCUT2D eigenvalue weighted by Gasteiger charge is 2.34. The molecule has 5 heteroatoms. The van der Waals surface area contributed by atoms with E-state index in [1.54, 1.807) is 0 Å². The molecule has 0 saturated carbocycles. The average Bonchev–Trinajstić information content (AvgIpc) is 2.63. The molecule has 0 aromatic carbocycles. The Labute approximate surface area is 108 Å². The van der Waals surface area contributed by atoms with Gasteiger partial charge in [0.1, 0.15) is 0 Å². The van der Waals surface area contributed by atoms with Crippen molar-refractivity contribution >= 4 is 33.2 Å². The van der Waals surface area contributed by atoms with Gasteiger partial charge in [-0.3, -0.25) is 4.79 Å². The lowest BCUT2D eigenvalue weighted by atomic mass is 10.00. The standard InChI is InChI=1S/C11H15BrN2OS/c1-11(2)7-13-3-4-14(11)10(15)9-5-8(12)6-16-9/h5-6,13H,3-4,7H2,1-2H3. The molecule has 1 amide bonds. The molecule has 0 bridgehead atoms. The summed E-state index contributed by atoms with van der Waals surface area (Å²) in [6.45, 7) is 6.70. The Hall–Kier alpha value is -0.390. The first kappa shape index (κ1) is 12.1. The summed E-state index contributed by atoms with van der Waals surface area (Å²) in [5, 5.41) is 5.26. The minimum atomic E-state index is -0.105. The second kappa shape index (κ2) is 4.47. The summed E-state index contributed by atoms with van der Waals surface area (Å²) in [5.41, 5.74) is -0.105. The fourth-order valence-electron chi connectivity index (χ4n) is 1.92. The van der Waals surface area contributed by atoms with E-state index < -0.39 is 0 Å². The van der Waals surface area contributed by atoms with Crippen molar-refractivity contribution in [2.24, 2.45) is 0 Å². The quantitative estimate of drug-likeness (QED) is 0.863. The van der Waals surface area contributed by atoms with Crippen LogP contribution in [0.25, 0.3) is 0 Å². The first-order valence-electron chi connectivity index (χ1n) is 5.27. The Morgan fingerprint density at radius 3 is 2.94 bits per heavy atom. The lowest BCUT2D eigenvalue weighted by Gasteiger charge is -2.42. The summed E-state index contributed by atoms with van der Waals surface area (Å²) in [7, 11) is 0. The predicted octanol–water partition coefficient (Wildman–Crippen LogP) is 2.33. The summed E-state index contributed by atoms with van der Waals surface area (Å²) in [6, 6.07) is 1.89. The first-order chi connectivity index (χ1) is 7.50. The number of rotatable bonds is 1. The topological polar surface area (TPSA) is 32.3 Å². The number of nitrogens with one attached hydrogen (secondary N) is 1. The fourth-order valence-corrected chi connectivity index (χ4v) is 3.29. The van der Waals surface area contributed by atoms with E-state index in [0.29, 0.717) is 0 Å². The minimum Gasteiger partial charge on any atom is -0.330 e. The van der Waals surface area contributed by atoms with Crippen molar-refractivity contribution < 1.29 is 4.79 Å². The number of thiophene rings is 1. The van der Waals surface area contributed by atoms with E-state index in [-0.39, 0.29) is 11.4 Å². The van der Waals surface area contributed by atoms with Crippen LogP contribution in [-0.4, -0.2) is 36.0 Å². The zero-order valence-electron chi connectivity index (χ0n) is 9.42. The normalized spacial score (nSPS) is 19.8. The molecule has 88 valence electrons. The molecule has 1 aliphatic heterocycles. The molecule has 0 spiro atoms. The van der Waals surface area contributed by atoms with Gasteiger partial charge in [0.05, 0.1) is 10.4 Å². The Morgan fingerprint density at radius 2 is 2.38 bits per heavy atom. The summed E-state index contributed by atoms with van der Waals surface area (Å²) in [6.07, 6.45) is 0. The van der Waals surface area contributed by atoms with Crippen molar-refractivity contribution in [1.82, 2.24) is 10.2 Å². The number of halogens is 1. The van der Waals surface area contributed by atoms with Crippen LogP contribution >= 0.6 is 27.3 Å². The van der Waals surface area contributed by atoms with Gasteiger partial charge >= 0.3 is 0 Å². The van der Waals surface area contributed by atoms with Gasteiger partial charge in [-0.15, -0.1) is 11.3 Å². The zero-order valence-corrected chi connectivity index (χ0v) is 11.8. The molecule has 1 aromatic rings. The van der Waals surface area contributed by atoms with Crippen LogP contribution in [0.4, 0.5) is 0 Å². The summed E-state index contributed by atoms with van der Waals surface area (Å²) < 4.78 is 0.980. The lowest BCUT2D eigenvalue weighted by Crippen LogP contribution is -2.59. The van der Waals surface area contributed by atoms with Crippen LogP contribution < -0.4 is 5.32 Å². The Balaban J connectivity index is 2.20. The minimum absolute atomic E-state index is 0.105. The maximum atomic E-state index is 12.3. The van der Waals surface area contributed by atoms with Crippen molar-refractivity contribution in [1.29, 1.82) is 0 Å². The second-order valence-electron chi connectivity index (χ2n) is 4.58. The molecule has 2 rings (SSSR count). The average molecular weight is 303 g/mol. The van der Waals surface area contributed by atoms with Gasteiger partial charge in [-0.2, -0.15) is 0 Å². The van der Waals surface area contributed by atoms with Gasteiger partial charge in [-0.05, 0) is 35.8 Å². The number of amides is 1. The molecule has 1 aliphatic rings. The molecule has 0 aliphatic carbocycles. The number of carbonyl (C=O) groups is 1. The van der Waals surface area contributed by atoms with Crippen molar-refractivity contribution in [3.8, 4) is 0 Å². The number of carbonyl (C=O) groups excluding carboxylic acids is 1. The molecule has 1 fully saturated rings. The molecule has 1 aromatic heterocycles. The Bertz CT molecular complexity index is 402. The lowest BCUT2D eigenvalue weighted by molar-refractivity contribution is 0.0482. The number of nitrogens with zero attached hydrogens (tertiary/aromatic N) is 1. The van der Waals surface area contributed by atoms with E-state index in [1.807, 2.05) is 16.3 Å². The maximum absolute atomic E-state index is 12.3. The van der Waals surface area contributed by atoms with Crippen LogP contribution in [0.5, 0.6) is 0 Å². The van der Waals surface area contributed by atoms with Gasteiger partial charge in [0.15, 0.2) is 0 Å². The monoisotopic (exact) mass is 302 g/mol. The van der Waals surface area contributed by atoms with Crippen molar-refractivity contribution in [2.45, 2.75) is 19.4 Å². The molecule has 3 nitrogen and oxygen atoms in total. The van der Waals surface area contributed by atoms with E-state index in [1.165, 1.54) is 11.3 Å². The first-order valence-corrected chi connectivity index (χ1v) is 6.95. The highest BCUT2D eigenvalue weighted by Crippen LogP contribution is 2.25. The van der Waals surface area contributed by atoms with E-state index >= 15 is 0 Å². The smallest absolute Gasteiger partial charge is 0.264 e. The van der Waals surface area contributed by atoms with Gasteiger partial charge in [-0.1, -0.05) is 0 Å². The molecule has 0 atom stereocenters. The molecule has 1 saturated heterocycles. The summed E-state index contributed by atoms with van der Waals surface area (Å²) >= 11 is 4.87. The van der Waals surface area contributed by atoms with Crippen LogP contribution in [0.1, 0.15) is 23.5 Å². The van der Waals surface area contributed by atoms with Crippen LogP contribution in [0.15, 0.2) is 15.9 Å². The van der Waals surface area contributed by atoms with Crippen LogP contribution in [-0.2, 0) is 0 Å². The third-order valence-corrected chi connectivity index (χ3v) is 4.50. The Kier molecular flexibility index (Phi) is 3.37. The van der Waals surface area contributed by atoms with Gasteiger partial charge in [0.25, 0.3) is 5.91 Å². The van der Waals surface area contributed by atoms with E-state index in [9.17, 15) is 4.79 Å². The molecule has 16 heavy (non-hydrogen) atoms. The molecule has 1 N–H and O–H groups in total. The van der Waals surface area contributed by atoms with Gasteiger partial charge in [0.2, 0.25) is 0 Å². The maximum Gasteiger partial charge on any atom is 0.264 e. The molecule has 0 unspecified atom stereocenters. The third kappa shape index (κ3) is 2.31. The van der Waals surface area contributed by atoms with Crippen LogP contribution in [0.3, 0.4) is 0 Å². The van der Waals surface area contributed by atoms with Gasteiger partial charge in [-0.25, -0.2) is 0 Å². The molecular formula is C11H15BrN2OS. The van der Waals surface area contributed by atoms with Gasteiger partial charge < -0.3 is 10.2 Å². The van der Waals surface area contributed by atoms with Gasteiger partial charge in [0, 0.05) is 29.5 Å². The number of piperazine rings is 1. The number of hydrogen-bond donors (Lipinski definition) is 1. The highest BCUT2D eigenvalue weighted by molar-refractivity contribution is 9.10. The molecule has 0 radical (unpaired) electrons. The van der Waals surface area contributed by atoms with Crippen molar-refractivity contribution in [3.05, 3.63) is 20.8 Å². The SMILES string of the molecule is CC1(C)CNCCN1C(=O)c1cc(Br)cs1. The molecular weight excluding hydrogens is 288 g/mol. The summed E-state index contributed by atoms with van der Waals surface area (Å²) in [5.74, 6) is 0.141. The summed E-state index contributed by atoms with van der Waals surface area (Å²) in [4.78, 5) is 15.1. The number of hydrogen-bond acceptors (Lipinski definition) is 3. The van der Waals surface area contributed by atoms with E-state index in [4.69, 9.17) is 0 Å². The third-order valence-electron chi connectivity index (χ3n) is 2.82. The Morgan fingerprint density at radius 1 is 1.62 bits per heavy atom. The predicted molar refractivity (Wildman–Crippen MR) is 70.0 cm³/mol. The van der Waals surface area contributed by atoms with Crippen LogP contribution in [0, 0.1) is 0 Å². The van der Waals surface area contributed by atoms with Crippen LogP contribution in [0.2, 0.25) is 0 Å². The molecule has 2 heterocycles. The second-order valence-corrected chi connectivity index (χ2v) is 6.40. The van der Waals surface area contributed by atoms with E-state index in [0.717, 1.165) is 29.0 Å². The van der Waals surface area contributed by atoms with E-state index in [2.05, 4.69) is 35.1 Å². The van der Waals surface area contributed by atoms with Crippen molar-refractivity contribution in [2.75, 3.05) is 19.6 Å². The largest absolute Gasteiger partial charge is 0.330 e. The zero-order chi connectivity index (χ0) is 11.8. The highest BCUT2D eigenvalue weighted by atomic mass is 79.9. The fraction of sp³-hybridized carbons (Fsp3) is 0.545.